The summed E-state index contributed by atoms with van der Waals surface area (Å²) in [6.45, 7) is 7.80. The number of rotatable bonds is 2. The summed E-state index contributed by atoms with van der Waals surface area (Å²) in [4.78, 5) is 0. The van der Waals surface area contributed by atoms with Gasteiger partial charge in [-0.1, -0.05) is 32.9 Å². The van der Waals surface area contributed by atoms with Gasteiger partial charge in [0.1, 0.15) is 5.75 Å². The largest absolute Gasteiger partial charge is 0.433 e. The van der Waals surface area contributed by atoms with Crippen molar-refractivity contribution in [3.63, 3.8) is 0 Å². The quantitative estimate of drug-likeness (QED) is 0.789. The first kappa shape index (κ1) is 12.3. The average molecular weight is 227 g/mol. The molecule has 0 fully saturated rings. The molecule has 1 rings (SSSR count). The molecule has 1 aromatic rings. The summed E-state index contributed by atoms with van der Waals surface area (Å²) in [6.07, 6.45) is 0. The molecular formula is C11H18NO2P. The maximum Gasteiger partial charge on any atom is 0.310 e. The molecule has 0 bridgehead atoms. The van der Waals surface area contributed by atoms with Gasteiger partial charge in [-0.25, -0.2) is 5.50 Å². The summed E-state index contributed by atoms with van der Waals surface area (Å²) in [7, 11) is -2.94. The van der Waals surface area contributed by atoms with Crippen LogP contribution in [0.4, 0.5) is 0 Å². The molecule has 1 atom stereocenters. The van der Waals surface area contributed by atoms with Crippen molar-refractivity contribution in [1.82, 2.24) is 0 Å². The summed E-state index contributed by atoms with van der Waals surface area (Å²) in [5, 5.41) is 0. The number of hydrogen-bond acceptors (Lipinski definition) is 2. The highest BCUT2D eigenvalue weighted by molar-refractivity contribution is 7.56. The van der Waals surface area contributed by atoms with Gasteiger partial charge in [0.05, 0.1) is 0 Å². The van der Waals surface area contributed by atoms with Crippen LogP contribution in [0.25, 0.3) is 0 Å². The van der Waals surface area contributed by atoms with Crippen LogP contribution >= 0.6 is 7.52 Å². The van der Waals surface area contributed by atoms with E-state index in [-0.39, 0.29) is 5.41 Å². The molecule has 0 heterocycles. The number of hydrogen-bond donors (Lipinski definition) is 1. The second-order valence-electron chi connectivity index (χ2n) is 4.77. The van der Waals surface area contributed by atoms with Crippen LogP contribution in [0.15, 0.2) is 24.3 Å². The van der Waals surface area contributed by atoms with Crippen LogP contribution in [0, 0.1) is 0 Å². The number of nitrogens with two attached hydrogens (primary N) is 1. The fraction of sp³-hybridized carbons (Fsp3) is 0.455. The van der Waals surface area contributed by atoms with Crippen molar-refractivity contribution in [3.8, 4) is 5.75 Å². The van der Waals surface area contributed by atoms with Gasteiger partial charge >= 0.3 is 7.52 Å². The van der Waals surface area contributed by atoms with E-state index in [4.69, 9.17) is 10.0 Å². The van der Waals surface area contributed by atoms with Gasteiger partial charge < -0.3 is 4.52 Å². The summed E-state index contributed by atoms with van der Waals surface area (Å²) in [6, 6.07) is 7.52. The lowest BCUT2D eigenvalue weighted by atomic mass is 9.87. The van der Waals surface area contributed by atoms with Crippen molar-refractivity contribution in [2.45, 2.75) is 26.2 Å². The normalized spacial score (nSPS) is 15.8. The van der Waals surface area contributed by atoms with Crippen molar-refractivity contribution in [2.24, 2.45) is 5.50 Å². The average Bonchev–Trinajstić information content (AvgIpc) is 2.00. The van der Waals surface area contributed by atoms with Gasteiger partial charge in [-0.05, 0) is 23.1 Å². The monoisotopic (exact) mass is 227 g/mol. The Kier molecular flexibility index (Phi) is 3.27. The smallest absolute Gasteiger partial charge is 0.310 e. The van der Waals surface area contributed by atoms with Crippen molar-refractivity contribution < 1.29 is 9.09 Å². The van der Waals surface area contributed by atoms with E-state index in [9.17, 15) is 4.57 Å². The van der Waals surface area contributed by atoms with Crippen molar-refractivity contribution >= 4 is 7.52 Å². The van der Waals surface area contributed by atoms with E-state index in [1.54, 1.807) is 12.1 Å². The zero-order valence-electron chi connectivity index (χ0n) is 9.65. The maximum absolute atomic E-state index is 11.2. The first-order valence-corrected chi connectivity index (χ1v) is 6.99. The summed E-state index contributed by atoms with van der Waals surface area (Å²) in [5.41, 5.74) is 6.64. The second kappa shape index (κ2) is 3.99. The Hall–Kier alpha value is -0.790. The van der Waals surface area contributed by atoms with E-state index >= 15 is 0 Å². The predicted octanol–water partition coefficient (Wildman–Crippen LogP) is 3.14. The lowest BCUT2D eigenvalue weighted by Crippen LogP contribution is -2.10. The molecule has 0 aliphatic heterocycles. The first-order chi connectivity index (χ1) is 6.68. The van der Waals surface area contributed by atoms with Crippen LogP contribution < -0.4 is 10.0 Å². The third-order valence-electron chi connectivity index (χ3n) is 2.01. The Balaban J connectivity index is 2.87. The van der Waals surface area contributed by atoms with E-state index in [0.29, 0.717) is 5.75 Å². The van der Waals surface area contributed by atoms with E-state index in [1.807, 2.05) is 12.1 Å². The van der Waals surface area contributed by atoms with Crippen molar-refractivity contribution in [3.05, 3.63) is 29.8 Å². The highest BCUT2D eigenvalue weighted by atomic mass is 31.2. The summed E-state index contributed by atoms with van der Waals surface area (Å²) >= 11 is 0. The van der Waals surface area contributed by atoms with Crippen LogP contribution in [0.2, 0.25) is 0 Å². The first-order valence-electron chi connectivity index (χ1n) is 4.85. The van der Waals surface area contributed by atoms with Gasteiger partial charge in [0.15, 0.2) is 0 Å². The molecule has 3 nitrogen and oxygen atoms in total. The topological polar surface area (TPSA) is 52.3 Å². The maximum atomic E-state index is 11.2. The second-order valence-corrected chi connectivity index (χ2v) is 6.77. The van der Waals surface area contributed by atoms with Crippen LogP contribution in [0.1, 0.15) is 26.3 Å². The van der Waals surface area contributed by atoms with Crippen LogP contribution in [-0.4, -0.2) is 6.66 Å². The highest BCUT2D eigenvalue weighted by Crippen LogP contribution is 2.35. The minimum atomic E-state index is -2.94. The summed E-state index contributed by atoms with van der Waals surface area (Å²) < 4.78 is 16.3. The van der Waals surface area contributed by atoms with Gasteiger partial charge in [-0.2, -0.15) is 0 Å². The molecule has 0 aromatic heterocycles. The molecule has 0 spiro atoms. The molecule has 0 aliphatic rings. The molecule has 2 N–H and O–H groups in total. The van der Waals surface area contributed by atoms with Crippen molar-refractivity contribution in [2.75, 3.05) is 6.66 Å². The minimum absolute atomic E-state index is 0.108. The van der Waals surface area contributed by atoms with E-state index < -0.39 is 7.52 Å². The molecule has 84 valence electrons. The van der Waals surface area contributed by atoms with Gasteiger partial charge in [0.2, 0.25) is 0 Å². The highest BCUT2D eigenvalue weighted by Gasteiger charge is 2.14. The molecule has 4 heteroatoms. The Morgan fingerprint density at radius 1 is 1.20 bits per heavy atom. The molecule has 1 aromatic carbocycles. The molecule has 0 aliphatic carbocycles. The minimum Gasteiger partial charge on any atom is -0.433 e. The molecule has 15 heavy (non-hydrogen) atoms. The zero-order valence-corrected chi connectivity index (χ0v) is 10.5. The zero-order chi connectivity index (χ0) is 11.7. The summed E-state index contributed by atoms with van der Waals surface area (Å²) in [5.74, 6) is 0.552. The molecule has 0 amide bonds. The fourth-order valence-corrected chi connectivity index (χ4v) is 1.77. The third-order valence-corrected chi connectivity index (χ3v) is 2.58. The molecule has 0 saturated carbocycles. The Bertz CT molecular complexity index is 373. The lowest BCUT2D eigenvalue weighted by molar-refractivity contribution is 0.488. The third kappa shape index (κ3) is 4.06. The van der Waals surface area contributed by atoms with E-state index in [1.165, 1.54) is 12.2 Å². The Morgan fingerprint density at radius 3 is 2.00 bits per heavy atom. The van der Waals surface area contributed by atoms with Crippen LogP contribution in [-0.2, 0) is 9.98 Å². The van der Waals surface area contributed by atoms with Gasteiger partial charge in [0, 0.05) is 6.66 Å². The molecule has 1 unspecified atom stereocenters. The van der Waals surface area contributed by atoms with Gasteiger partial charge in [-0.15, -0.1) is 0 Å². The molecule has 0 radical (unpaired) electrons. The molecule has 0 saturated heterocycles. The number of benzene rings is 1. The Labute approximate surface area is 91.1 Å². The lowest BCUT2D eigenvalue weighted by Gasteiger charge is -2.19. The van der Waals surface area contributed by atoms with Crippen molar-refractivity contribution in [1.29, 1.82) is 0 Å². The van der Waals surface area contributed by atoms with Crippen LogP contribution in [0.3, 0.4) is 0 Å². The van der Waals surface area contributed by atoms with E-state index in [2.05, 4.69) is 20.8 Å². The SMILES string of the molecule is CC(C)(C)c1ccc(OP(C)(N)=O)cc1. The molecular weight excluding hydrogens is 209 g/mol. The van der Waals surface area contributed by atoms with Gasteiger partial charge in [-0.3, -0.25) is 4.57 Å². The Morgan fingerprint density at radius 2 is 1.67 bits per heavy atom. The standard InChI is InChI=1S/C11H18NO2P/c1-11(2,3)9-5-7-10(8-6-9)14-15(4,12)13/h5-8H,1-4H3,(H2,12,13). The van der Waals surface area contributed by atoms with Gasteiger partial charge in [0.25, 0.3) is 0 Å². The fourth-order valence-electron chi connectivity index (χ4n) is 1.23. The van der Waals surface area contributed by atoms with E-state index in [0.717, 1.165) is 0 Å². The predicted molar refractivity (Wildman–Crippen MR) is 63.5 cm³/mol. The van der Waals surface area contributed by atoms with Crippen LogP contribution in [0.5, 0.6) is 5.75 Å².